The van der Waals surface area contributed by atoms with Crippen LogP contribution in [0.15, 0.2) is 29.8 Å². The summed E-state index contributed by atoms with van der Waals surface area (Å²) in [5, 5.41) is 0. The molecule has 1 aromatic rings. The molecular formula is C14H16FNO. The van der Waals surface area contributed by atoms with Gasteiger partial charge in [0.1, 0.15) is 5.82 Å². The largest absolute Gasteiger partial charge is 0.334 e. The number of benzene rings is 1. The lowest BCUT2D eigenvalue weighted by Gasteiger charge is -2.26. The summed E-state index contributed by atoms with van der Waals surface area (Å²) in [6.07, 6.45) is 2.97. The second kappa shape index (κ2) is 4.70. The van der Waals surface area contributed by atoms with Crippen LogP contribution in [0.2, 0.25) is 0 Å². The molecule has 0 saturated heterocycles. The molecule has 1 amide bonds. The van der Waals surface area contributed by atoms with Crippen molar-refractivity contribution in [2.45, 2.75) is 20.3 Å². The minimum absolute atomic E-state index is 0.180. The van der Waals surface area contributed by atoms with Crippen LogP contribution in [0.25, 0.3) is 0 Å². The first-order valence-electron chi connectivity index (χ1n) is 5.79. The van der Waals surface area contributed by atoms with E-state index < -0.39 is 5.82 Å². The van der Waals surface area contributed by atoms with E-state index in [1.807, 2.05) is 6.92 Å². The first kappa shape index (κ1) is 11.8. The molecule has 0 unspecified atom stereocenters. The molecule has 90 valence electrons. The van der Waals surface area contributed by atoms with Crippen LogP contribution >= 0.6 is 0 Å². The summed E-state index contributed by atoms with van der Waals surface area (Å²) >= 11 is 0. The molecule has 2 rings (SSSR count). The molecule has 0 N–H and O–H groups in total. The predicted octanol–water partition coefficient (Wildman–Crippen LogP) is 2.93. The number of carbonyl (C=O) groups is 1. The summed E-state index contributed by atoms with van der Waals surface area (Å²) in [7, 11) is 0. The molecule has 3 heteroatoms. The molecule has 1 aromatic carbocycles. The van der Waals surface area contributed by atoms with Crippen molar-refractivity contribution in [3.63, 3.8) is 0 Å². The van der Waals surface area contributed by atoms with Crippen molar-refractivity contribution in [3.8, 4) is 0 Å². The molecule has 0 aliphatic carbocycles. The van der Waals surface area contributed by atoms with E-state index in [-0.39, 0.29) is 11.5 Å². The van der Waals surface area contributed by atoms with E-state index in [9.17, 15) is 9.18 Å². The van der Waals surface area contributed by atoms with E-state index >= 15 is 0 Å². The van der Waals surface area contributed by atoms with E-state index in [1.54, 1.807) is 30.0 Å². The van der Waals surface area contributed by atoms with Crippen LogP contribution in [0.4, 0.5) is 4.39 Å². The van der Waals surface area contributed by atoms with Gasteiger partial charge in [-0.2, -0.15) is 0 Å². The Labute approximate surface area is 101 Å². The van der Waals surface area contributed by atoms with Crippen molar-refractivity contribution in [1.82, 2.24) is 4.90 Å². The molecule has 1 aliphatic rings. The summed E-state index contributed by atoms with van der Waals surface area (Å²) in [6.45, 7) is 4.94. The zero-order chi connectivity index (χ0) is 12.4. The van der Waals surface area contributed by atoms with Gasteiger partial charge in [-0.25, -0.2) is 4.39 Å². The van der Waals surface area contributed by atoms with E-state index in [0.717, 1.165) is 12.0 Å². The first-order valence-corrected chi connectivity index (χ1v) is 5.79. The van der Waals surface area contributed by atoms with Crippen LogP contribution < -0.4 is 0 Å². The van der Waals surface area contributed by atoms with Gasteiger partial charge in [0.2, 0.25) is 0 Å². The third-order valence-electron chi connectivity index (χ3n) is 3.04. The van der Waals surface area contributed by atoms with Gasteiger partial charge in [-0.15, -0.1) is 0 Å². The zero-order valence-corrected chi connectivity index (χ0v) is 10.2. The minimum Gasteiger partial charge on any atom is -0.334 e. The first-order chi connectivity index (χ1) is 8.09. The van der Waals surface area contributed by atoms with E-state index in [4.69, 9.17) is 0 Å². The number of nitrogens with zero attached hydrogens (tertiary/aromatic N) is 1. The zero-order valence-electron chi connectivity index (χ0n) is 10.2. The van der Waals surface area contributed by atoms with Gasteiger partial charge in [0, 0.05) is 13.1 Å². The van der Waals surface area contributed by atoms with Gasteiger partial charge in [-0.1, -0.05) is 23.8 Å². The Balaban J connectivity index is 2.26. The molecule has 0 fully saturated rings. The molecule has 2 nitrogen and oxygen atoms in total. The highest BCUT2D eigenvalue weighted by Crippen LogP contribution is 2.17. The fourth-order valence-corrected chi connectivity index (χ4v) is 2.07. The number of hydrogen-bond donors (Lipinski definition) is 0. The highest BCUT2D eigenvalue weighted by molar-refractivity contribution is 5.95. The lowest BCUT2D eigenvalue weighted by Crippen LogP contribution is -2.35. The van der Waals surface area contributed by atoms with Crippen molar-refractivity contribution < 1.29 is 9.18 Å². The maximum atomic E-state index is 13.8. The predicted molar refractivity (Wildman–Crippen MR) is 65.4 cm³/mol. The Bertz CT molecular complexity index is 479. The summed E-state index contributed by atoms with van der Waals surface area (Å²) < 4.78 is 13.8. The second-order valence-corrected chi connectivity index (χ2v) is 4.50. The SMILES string of the molecule is CC1=CCCN(C(=O)c2cccc(C)c2F)C1. The molecule has 0 spiro atoms. The van der Waals surface area contributed by atoms with Gasteiger partial charge in [0.25, 0.3) is 5.91 Å². The lowest BCUT2D eigenvalue weighted by molar-refractivity contribution is 0.0761. The normalized spacial score (nSPS) is 15.7. The average Bonchev–Trinajstić information content (AvgIpc) is 2.32. The van der Waals surface area contributed by atoms with Crippen molar-refractivity contribution in [3.05, 3.63) is 46.8 Å². The van der Waals surface area contributed by atoms with E-state index in [0.29, 0.717) is 18.7 Å². The smallest absolute Gasteiger partial charge is 0.257 e. The summed E-state index contributed by atoms with van der Waals surface area (Å²) in [5.74, 6) is -0.608. The molecule has 1 aliphatic heterocycles. The van der Waals surface area contributed by atoms with Crippen molar-refractivity contribution in [2.24, 2.45) is 0 Å². The van der Waals surface area contributed by atoms with Gasteiger partial charge >= 0.3 is 0 Å². The molecule has 0 aromatic heterocycles. The Hall–Kier alpha value is -1.64. The summed E-state index contributed by atoms with van der Waals surface area (Å²) in [6, 6.07) is 4.95. The standard InChI is InChI=1S/C14H16FNO/c1-10-5-4-8-16(9-10)14(17)12-7-3-6-11(2)13(12)15/h3,5-7H,4,8-9H2,1-2H3. The van der Waals surface area contributed by atoms with Gasteiger partial charge in [0.15, 0.2) is 0 Å². The molecule has 17 heavy (non-hydrogen) atoms. The number of aryl methyl sites for hydroxylation is 1. The van der Waals surface area contributed by atoms with Crippen LogP contribution in [0.3, 0.4) is 0 Å². The maximum absolute atomic E-state index is 13.8. The quantitative estimate of drug-likeness (QED) is 0.683. The van der Waals surface area contributed by atoms with Crippen LogP contribution in [-0.4, -0.2) is 23.9 Å². The number of halogens is 1. The highest BCUT2D eigenvalue weighted by Gasteiger charge is 2.21. The Morgan fingerprint density at radius 1 is 1.35 bits per heavy atom. The van der Waals surface area contributed by atoms with Gasteiger partial charge in [-0.05, 0) is 31.9 Å². The van der Waals surface area contributed by atoms with Crippen LogP contribution in [0.1, 0.15) is 29.3 Å². The highest BCUT2D eigenvalue weighted by atomic mass is 19.1. The molecule has 0 saturated carbocycles. The van der Waals surface area contributed by atoms with E-state index in [2.05, 4.69) is 6.08 Å². The Morgan fingerprint density at radius 3 is 2.82 bits per heavy atom. The third-order valence-corrected chi connectivity index (χ3v) is 3.04. The van der Waals surface area contributed by atoms with Gasteiger partial charge < -0.3 is 4.90 Å². The molecule has 1 heterocycles. The maximum Gasteiger partial charge on any atom is 0.257 e. The minimum atomic E-state index is -0.398. The molecule has 0 radical (unpaired) electrons. The molecular weight excluding hydrogens is 217 g/mol. The number of rotatable bonds is 1. The second-order valence-electron chi connectivity index (χ2n) is 4.50. The fourth-order valence-electron chi connectivity index (χ4n) is 2.07. The third kappa shape index (κ3) is 2.38. The van der Waals surface area contributed by atoms with Crippen molar-refractivity contribution in [2.75, 3.05) is 13.1 Å². The number of hydrogen-bond acceptors (Lipinski definition) is 1. The van der Waals surface area contributed by atoms with Crippen molar-refractivity contribution >= 4 is 5.91 Å². The van der Waals surface area contributed by atoms with Crippen molar-refractivity contribution in [1.29, 1.82) is 0 Å². The molecule has 0 atom stereocenters. The summed E-state index contributed by atoms with van der Waals surface area (Å²) in [4.78, 5) is 13.9. The topological polar surface area (TPSA) is 20.3 Å². The van der Waals surface area contributed by atoms with E-state index in [1.165, 1.54) is 0 Å². The number of carbonyl (C=O) groups excluding carboxylic acids is 1. The van der Waals surface area contributed by atoms with Crippen LogP contribution in [-0.2, 0) is 0 Å². The van der Waals surface area contributed by atoms with Crippen LogP contribution in [0, 0.1) is 12.7 Å². The average molecular weight is 233 g/mol. The molecule has 0 bridgehead atoms. The fraction of sp³-hybridized carbons (Fsp3) is 0.357. The number of amides is 1. The Kier molecular flexibility index (Phi) is 3.27. The Morgan fingerprint density at radius 2 is 2.12 bits per heavy atom. The van der Waals surface area contributed by atoms with Gasteiger partial charge in [0.05, 0.1) is 5.56 Å². The van der Waals surface area contributed by atoms with Crippen LogP contribution in [0.5, 0.6) is 0 Å². The monoisotopic (exact) mass is 233 g/mol. The lowest BCUT2D eigenvalue weighted by atomic mass is 10.1. The summed E-state index contributed by atoms with van der Waals surface area (Å²) in [5.41, 5.74) is 1.86. The van der Waals surface area contributed by atoms with Gasteiger partial charge in [-0.3, -0.25) is 4.79 Å².